The molecule has 0 saturated carbocycles. The predicted molar refractivity (Wildman–Crippen MR) is 82.7 cm³/mol. The molecule has 0 radical (unpaired) electrons. The van der Waals surface area contributed by atoms with E-state index in [0.29, 0.717) is 5.69 Å². The van der Waals surface area contributed by atoms with E-state index in [0.717, 1.165) is 0 Å². The number of halogens is 2. The molecule has 2 aromatic rings. The molecule has 5 nitrogen and oxygen atoms in total. The van der Waals surface area contributed by atoms with Crippen LogP contribution in [0, 0.1) is 0 Å². The molecule has 7 heteroatoms. The minimum atomic E-state index is -0.474. The van der Waals surface area contributed by atoms with Gasteiger partial charge < -0.3 is 14.6 Å². The number of anilines is 1. The van der Waals surface area contributed by atoms with Crippen molar-refractivity contribution in [1.82, 2.24) is 4.57 Å². The van der Waals surface area contributed by atoms with Crippen molar-refractivity contribution in [3.05, 3.63) is 56.4 Å². The third kappa shape index (κ3) is 3.20. The monoisotopic (exact) mass is 326 g/mol. The normalized spacial score (nSPS) is 10.3. The van der Waals surface area contributed by atoms with Gasteiger partial charge in [-0.1, -0.05) is 23.2 Å². The Labute approximate surface area is 131 Å². The summed E-state index contributed by atoms with van der Waals surface area (Å²) < 4.78 is 6.48. The van der Waals surface area contributed by atoms with Crippen molar-refractivity contribution >= 4 is 34.8 Å². The Balaban J connectivity index is 2.39. The summed E-state index contributed by atoms with van der Waals surface area (Å²) in [6.07, 6.45) is 1.51. The van der Waals surface area contributed by atoms with Crippen LogP contribution in [0.5, 0.6) is 5.75 Å². The summed E-state index contributed by atoms with van der Waals surface area (Å²) in [5.41, 5.74) is 0.423. The number of nitrogens with zero attached hydrogens (tertiary/aromatic N) is 1. The minimum absolute atomic E-state index is 0.139. The van der Waals surface area contributed by atoms with Crippen molar-refractivity contribution < 1.29 is 9.53 Å². The standard InChI is InChI=1S/C14H12Cl2N2O3/c1-18-7-8(3-6-11(18)19)17-14(20)12-9(15)4-5-10(16)13(12)21-2/h3-7H,1-2H3,(H,17,20). The van der Waals surface area contributed by atoms with E-state index in [1.54, 1.807) is 13.1 Å². The molecular formula is C14H12Cl2N2O3. The van der Waals surface area contributed by atoms with Crippen LogP contribution in [-0.2, 0) is 7.05 Å². The van der Waals surface area contributed by atoms with E-state index in [1.165, 1.54) is 36.1 Å². The molecular weight excluding hydrogens is 315 g/mol. The molecule has 0 spiro atoms. The van der Waals surface area contributed by atoms with Gasteiger partial charge in [0, 0.05) is 19.3 Å². The zero-order valence-electron chi connectivity index (χ0n) is 11.3. The van der Waals surface area contributed by atoms with Crippen LogP contribution in [0.4, 0.5) is 5.69 Å². The Morgan fingerprint density at radius 2 is 1.86 bits per heavy atom. The highest BCUT2D eigenvalue weighted by molar-refractivity contribution is 6.37. The Bertz CT molecular complexity index is 756. The van der Waals surface area contributed by atoms with Gasteiger partial charge in [0.05, 0.1) is 22.8 Å². The van der Waals surface area contributed by atoms with Gasteiger partial charge >= 0.3 is 0 Å². The zero-order valence-corrected chi connectivity index (χ0v) is 12.8. The maximum Gasteiger partial charge on any atom is 0.261 e. The maximum absolute atomic E-state index is 12.3. The number of benzene rings is 1. The van der Waals surface area contributed by atoms with Gasteiger partial charge in [-0.3, -0.25) is 9.59 Å². The Morgan fingerprint density at radius 3 is 2.48 bits per heavy atom. The van der Waals surface area contributed by atoms with Crippen LogP contribution in [-0.4, -0.2) is 17.6 Å². The second-order valence-electron chi connectivity index (χ2n) is 4.26. The van der Waals surface area contributed by atoms with Gasteiger partial charge in [-0.05, 0) is 18.2 Å². The second kappa shape index (κ2) is 6.20. The molecule has 110 valence electrons. The number of nitrogens with one attached hydrogen (secondary N) is 1. The molecule has 1 heterocycles. The number of rotatable bonds is 3. The molecule has 1 N–H and O–H groups in total. The van der Waals surface area contributed by atoms with Crippen LogP contribution in [0.3, 0.4) is 0 Å². The highest BCUT2D eigenvalue weighted by Crippen LogP contribution is 2.34. The third-order valence-corrected chi connectivity index (χ3v) is 3.45. The smallest absolute Gasteiger partial charge is 0.261 e. The molecule has 0 atom stereocenters. The summed E-state index contributed by atoms with van der Waals surface area (Å²) in [5.74, 6) is -0.274. The number of ether oxygens (including phenoxy) is 1. The quantitative estimate of drug-likeness (QED) is 0.943. The first-order valence-electron chi connectivity index (χ1n) is 5.94. The lowest BCUT2D eigenvalue weighted by Gasteiger charge is -2.12. The van der Waals surface area contributed by atoms with E-state index in [-0.39, 0.29) is 26.9 Å². The first-order valence-corrected chi connectivity index (χ1v) is 6.69. The van der Waals surface area contributed by atoms with Crippen molar-refractivity contribution in [3.8, 4) is 5.75 Å². The SMILES string of the molecule is COc1c(Cl)ccc(Cl)c1C(=O)Nc1ccc(=O)n(C)c1. The molecule has 21 heavy (non-hydrogen) atoms. The topological polar surface area (TPSA) is 60.3 Å². The van der Waals surface area contributed by atoms with Crippen molar-refractivity contribution in [2.24, 2.45) is 7.05 Å². The van der Waals surface area contributed by atoms with E-state index in [1.807, 2.05) is 0 Å². The highest BCUT2D eigenvalue weighted by atomic mass is 35.5. The average Bonchev–Trinajstić information content (AvgIpc) is 2.44. The van der Waals surface area contributed by atoms with Crippen LogP contribution in [0.1, 0.15) is 10.4 Å². The summed E-state index contributed by atoms with van der Waals surface area (Å²) in [7, 11) is 2.99. The summed E-state index contributed by atoms with van der Waals surface area (Å²) in [5, 5.41) is 3.15. The summed E-state index contributed by atoms with van der Waals surface area (Å²) in [4.78, 5) is 23.7. The molecule has 1 amide bonds. The van der Waals surface area contributed by atoms with E-state index in [2.05, 4.69) is 5.32 Å². The average molecular weight is 327 g/mol. The van der Waals surface area contributed by atoms with E-state index in [9.17, 15) is 9.59 Å². The number of amides is 1. The zero-order chi connectivity index (χ0) is 15.6. The Morgan fingerprint density at radius 1 is 1.19 bits per heavy atom. The van der Waals surface area contributed by atoms with Crippen LogP contribution in [0.25, 0.3) is 0 Å². The van der Waals surface area contributed by atoms with Gasteiger partial charge in [0.25, 0.3) is 5.91 Å². The number of hydrogen-bond acceptors (Lipinski definition) is 3. The fraction of sp³-hybridized carbons (Fsp3) is 0.143. The van der Waals surface area contributed by atoms with Crippen LogP contribution >= 0.6 is 23.2 Å². The first-order chi connectivity index (χ1) is 9.93. The Hall–Kier alpha value is -1.98. The van der Waals surface area contributed by atoms with E-state index < -0.39 is 5.91 Å². The van der Waals surface area contributed by atoms with Gasteiger partial charge in [0.15, 0.2) is 5.75 Å². The Kier molecular flexibility index (Phi) is 4.55. The lowest BCUT2D eigenvalue weighted by atomic mass is 10.1. The molecule has 1 aromatic carbocycles. The largest absolute Gasteiger partial charge is 0.494 e. The minimum Gasteiger partial charge on any atom is -0.494 e. The highest BCUT2D eigenvalue weighted by Gasteiger charge is 2.19. The third-order valence-electron chi connectivity index (χ3n) is 2.83. The predicted octanol–water partition coefficient (Wildman–Crippen LogP) is 2.95. The number of carbonyl (C=O) groups is 1. The van der Waals surface area contributed by atoms with Crippen LogP contribution in [0.15, 0.2) is 35.3 Å². The number of methoxy groups -OCH3 is 1. The molecule has 0 bridgehead atoms. The molecule has 0 aliphatic carbocycles. The van der Waals surface area contributed by atoms with Crippen LogP contribution in [0.2, 0.25) is 10.0 Å². The lowest BCUT2D eigenvalue weighted by Crippen LogP contribution is -2.18. The molecule has 0 saturated heterocycles. The van der Waals surface area contributed by atoms with Crippen molar-refractivity contribution in [3.63, 3.8) is 0 Å². The number of aryl methyl sites for hydroxylation is 1. The fourth-order valence-electron chi connectivity index (χ4n) is 1.81. The summed E-state index contributed by atoms with van der Waals surface area (Å²) in [6, 6.07) is 5.92. The fourth-order valence-corrected chi connectivity index (χ4v) is 2.28. The molecule has 2 rings (SSSR count). The van der Waals surface area contributed by atoms with E-state index in [4.69, 9.17) is 27.9 Å². The number of pyridine rings is 1. The van der Waals surface area contributed by atoms with Gasteiger partial charge in [-0.15, -0.1) is 0 Å². The number of hydrogen-bond donors (Lipinski definition) is 1. The second-order valence-corrected chi connectivity index (χ2v) is 5.07. The first kappa shape index (κ1) is 15.4. The molecule has 0 unspecified atom stereocenters. The van der Waals surface area contributed by atoms with E-state index >= 15 is 0 Å². The number of aromatic nitrogens is 1. The molecule has 1 aromatic heterocycles. The molecule has 0 aliphatic rings. The summed E-state index contributed by atoms with van der Waals surface area (Å²) >= 11 is 12.0. The summed E-state index contributed by atoms with van der Waals surface area (Å²) in [6.45, 7) is 0. The van der Waals surface area contributed by atoms with Crippen molar-refractivity contribution in [2.45, 2.75) is 0 Å². The van der Waals surface area contributed by atoms with Gasteiger partial charge in [-0.25, -0.2) is 0 Å². The van der Waals surface area contributed by atoms with Gasteiger partial charge in [0.1, 0.15) is 5.56 Å². The van der Waals surface area contributed by atoms with Crippen molar-refractivity contribution in [2.75, 3.05) is 12.4 Å². The maximum atomic E-state index is 12.3. The van der Waals surface area contributed by atoms with Gasteiger partial charge in [-0.2, -0.15) is 0 Å². The molecule has 0 aliphatic heterocycles. The number of carbonyl (C=O) groups excluding carboxylic acids is 1. The lowest BCUT2D eigenvalue weighted by molar-refractivity contribution is 0.102. The van der Waals surface area contributed by atoms with Crippen molar-refractivity contribution in [1.29, 1.82) is 0 Å². The molecule has 0 fully saturated rings. The van der Waals surface area contributed by atoms with Crippen LogP contribution < -0.4 is 15.6 Å². The van der Waals surface area contributed by atoms with Gasteiger partial charge in [0.2, 0.25) is 5.56 Å².